The first-order valence-electron chi connectivity index (χ1n) is 17.6. The molecule has 242 valence electrons. The molecule has 0 spiro atoms. The highest BCUT2D eigenvalue weighted by atomic mass is 27.2. The SMILES string of the molecule is CCCCCCCC[O][Al]1[n]2c3c4ccccc4c2N=C2N=C(N=c4c5ccccc5c([n]41)=NC1=NC(=N3)c3ccccc31)c1ccccc12. The third-order valence-corrected chi connectivity index (χ3v) is 12.4. The van der Waals surface area contributed by atoms with Gasteiger partial charge >= 0.3 is 14.9 Å². The van der Waals surface area contributed by atoms with Crippen LogP contribution in [0.4, 0.5) is 11.6 Å². The van der Waals surface area contributed by atoms with Crippen molar-refractivity contribution in [3.05, 3.63) is 130 Å². The zero-order valence-electron chi connectivity index (χ0n) is 27.8. The average Bonchev–Trinajstić information content (AvgIpc) is 3.86. The van der Waals surface area contributed by atoms with E-state index >= 15 is 0 Å². The highest BCUT2D eigenvalue weighted by Gasteiger charge is 2.42. The molecule has 0 radical (unpaired) electrons. The summed E-state index contributed by atoms with van der Waals surface area (Å²) < 4.78 is 11.8. The first kappa shape index (κ1) is 29.6. The number of hydrogen-bond donors (Lipinski definition) is 0. The van der Waals surface area contributed by atoms with E-state index < -0.39 is 14.9 Å². The Bertz CT molecular complexity index is 2480. The van der Waals surface area contributed by atoms with Gasteiger partial charge in [0.25, 0.3) is 0 Å². The molecule has 0 amide bonds. The fourth-order valence-corrected chi connectivity index (χ4v) is 10.1. The Kier molecular flexibility index (Phi) is 7.08. The van der Waals surface area contributed by atoms with Crippen molar-refractivity contribution >= 4 is 71.4 Å². The van der Waals surface area contributed by atoms with Crippen molar-refractivity contribution in [2.45, 2.75) is 45.4 Å². The summed E-state index contributed by atoms with van der Waals surface area (Å²) in [6.07, 6.45) is 7.06. The lowest BCUT2D eigenvalue weighted by Crippen LogP contribution is -2.48. The van der Waals surface area contributed by atoms with E-state index in [2.05, 4.69) is 86.8 Å². The van der Waals surface area contributed by atoms with Crippen molar-refractivity contribution in [3.8, 4) is 0 Å². The number of unbranched alkanes of at least 4 members (excludes halogenated alkanes) is 5. The van der Waals surface area contributed by atoms with Crippen LogP contribution in [0.3, 0.4) is 0 Å². The molecule has 0 saturated carbocycles. The normalized spacial score (nSPS) is 15.1. The molecule has 0 saturated heterocycles. The molecule has 0 unspecified atom stereocenters. The second-order valence-electron chi connectivity index (χ2n) is 13.1. The number of rotatable bonds is 8. The second kappa shape index (κ2) is 12.0. The molecule has 10 rings (SSSR count). The van der Waals surface area contributed by atoms with E-state index in [0.29, 0.717) is 29.9 Å². The van der Waals surface area contributed by atoms with Crippen LogP contribution in [0, 0.1) is 0 Å². The molecule has 0 aliphatic carbocycles. The van der Waals surface area contributed by atoms with E-state index in [-0.39, 0.29) is 0 Å². The van der Waals surface area contributed by atoms with E-state index in [4.69, 9.17) is 33.7 Å². The fourth-order valence-electron chi connectivity index (χ4n) is 7.61. The van der Waals surface area contributed by atoms with Crippen LogP contribution in [0.15, 0.2) is 127 Å². The summed E-state index contributed by atoms with van der Waals surface area (Å²) in [5.74, 6) is 4.11. The van der Waals surface area contributed by atoms with Gasteiger partial charge in [0.05, 0.1) is 0 Å². The molecule has 4 aliphatic rings. The number of aromatic nitrogens is 2. The monoisotopic (exact) mass is 668 g/mol. The van der Waals surface area contributed by atoms with Crippen LogP contribution in [0.2, 0.25) is 0 Å². The first-order valence-corrected chi connectivity index (χ1v) is 19.1. The van der Waals surface area contributed by atoms with Gasteiger partial charge in [-0.3, -0.25) is 0 Å². The smallest absolute Gasteiger partial charge is 0.465 e. The number of nitrogens with zero attached hydrogens (tertiary/aromatic N) is 8. The van der Waals surface area contributed by atoms with Gasteiger partial charge in [0, 0.05) is 50.4 Å². The van der Waals surface area contributed by atoms with Gasteiger partial charge in [-0.1, -0.05) is 136 Å². The predicted molar refractivity (Wildman–Crippen MR) is 200 cm³/mol. The highest BCUT2D eigenvalue weighted by Crippen LogP contribution is 2.41. The predicted octanol–water partition coefficient (Wildman–Crippen LogP) is 7.30. The Morgan fingerprint density at radius 2 is 0.880 bits per heavy atom. The van der Waals surface area contributed by atoms with Gasteiger partial charge in [-0.25, -0.2) is 30.0 Å². The van der Waals surface area contributed by atoms with Crippen molar-refractivity contribution in [1.82, 2.24) is 7.10 Å². The quantitative estimate of drug-likeness (QED) is 0.124. The molecular formula is C40H33AlN8O. The van der Waals surface area contributed by atoms with E-state index in [9.17, 15) is 0 Å². The Hall–Kier alpha value is -5.27. The molecule has 10 heteroatoms. The fraction of sp³-hybridized carbons (Fsp3) is 0.200. The summed E-state index contributed by atoms with van der Waals surface area (Å²) in [7, 11) is 0. The Morgan fingerprint density at radius 3 is 1.38 bits per heavy atom. The summed E-state index contributed by atoms with van der Waals surface area (Å²) in [4.78, 5) is 31.8. The molecule has 4 aliphatic heterocycles. The molecular weight excluding hydrogens is 635 g/mol. The molecule has 9 nitrogen and oxygen atoms in total. The van der Waals surface area contributed by atoms with Gasteiger partial charge in [0.1, 0.15) is 22.6 Å². The molecule has 6 heterocycles. The van der Waals surface area contributed by atoms with Gasteiger partial charge in [-0.15, -0.1) is 0 Å². The Labute approximate surface area is 293 Å². The molecule has 4 aromatic carbocycles. The largest absolute Gasteiger partial charge is 0.809 e. The lowest BCUT2D eigenvalue weighted by atomic mass is 10.1. The van der Waals surface area contributed by atoms with Gasteiger partial charge in [0.2, 0.25) is 0 Å². The lowest BCUT2D eigenvalue weighted by molar-refractivity contribution is 0.292. The van der Waals surface area contributed by atoms with Crippen molar-refractivity contribution in [2.24, 2.45) is 30.0 Å². The molecule has 0 N–H and O–H groups in total. The van der Waals surface area contributed by atoms with Crippen LogP contribution in [-0.2, 0) is 3.79 Å². The van der Waals surface area contributed by atoms with Crippen LogP contribution in [0.5, 0.6) is 0 Å². The summed E-state index contributed by atoms with van der Waals surface area (Å²) in [5, 5.41) is 3.96. The van der Waals surface area contributed by atoms with Crippen molar-refractivity contribution < 1.29 is 3.79 Å². The van der Waals surface area contributed by atoms with Crippen LogP contribution >= 0.6 is 0 Å². The third-order valence-electron chi connectivity index (χ3n) is 10.0. The van der Waals surface area contributed by atoms with Crippen molar-refractivity contribution in [3.63, 3.8) is 0 Å². The maximum absolute atomic E-state index is 7.25. The standard InChI is InChI=1S/C32H16N8.C8H17O.Al/c1-2-10-18-17(9-1)25-33-26(18)38-28-21-13-5-6-14-22(21)30(35-28)40-32-24-16-8-7-15-23(24)31(36-32)39-29-20-12-4-3-11-19(20)27(34-29)37-25;1-2-3-4-5-6-7-8-9;/h1-16H;2-8H2,1H3;/q-2;-1;+3. The van der Waals surface area contributed by atoms with Crippen molar-refractivity contribution in [2.75, 3.05) is 6.61 Å². The maximum Gasteiger partial charge on any atom is 0.809 e. The summed E-state index contributed by atoms with van der Waals surface area (Å²) in [6.45, 7) is 2.87. The van der Waals surface area contributed by atoms with Gasteiger partial charge in [-0.2, -0.15) is 0 Å². The summed E-state index contributed by atoms with van der Waals surface area (Å²) in [5.41, 5.74) is 5.39. The summed E-state index contributed by atoms with van der Waals surface area (Å²) >= 11 is -2.78. The molecule has 0 fully saturated rings. The number of aliphatic imine (C=N–C) groups is 4. The van der Waals surface area contributed by atoms with E-state index in [1.165, 1.54) is 25.7 Å². The molecule has 0 atom stereocenters. The van der Waals surface area contributed by atoms with Crippen LogP contribution in [0.25, 0.3) is 21.5 Å². The molecule has 6 aromatic rings. The van der Waals surface area contributed by atoms with E-state index in [1.807, 2.05) is 24.3 Å². The van der Waals surface area contributed by atoms with Gasteiger partial charge in [-0.05, 0) is 6.42 Å². The average molecular weight is 669 g/mol. The number of amidine groups is 4. The minimum atomic E-state index is -2.78. The van der Waals surface area contributed by atoms with Crippen LogP contribution < -0.4 is 11.0 Å². The third kappa shape index (κ3) is 4.56. The van der Waals surface area contributed by atoms with Crippen LogP contribution in [-0.4, -0.2) is 52.0 Å². The zero-order valence-corrected chi connectivity index (χ0v) is 28.9. The van der Waals surface area contributed by atoms with Crippen LogP contribution in [0.1, 0.15) is 67.7 Å². The second-order valence-corrected chi connectivity index (χ2v) is 15.2. The first-order chi connectivity index (χ1) is 24.8. The topological polar surface area (TPSA) is 93.2 Å². The minimum Gasteiger partial charge on any atom is -0.465 e. The van der Waals surface area contributed by atoms with E-state index in [0.717, 1.165) is 79.3 Å². The molecule has 50 heavy (non-hydrogen) atoms. The van der Waals surface area contributed by atoms with E-state index in [1.54, 1.807) is 0 Å². The van der Waals surface area contributed by atoms with Crippen molar-refractivity contribution in [1.29, 1.82) is 0 Å². The Balaban J connectivity index is 1.35. The number of benzene rings is 4. The van der Waals surface area contributed by atoms with Gasteiger partial charge in [0.15, 0.2) is 23.3 Å². The number of fused-ring (bicyclic) bond motifs is 14. The Morgan fingerprint density at radius 1 is 0.460 bits per heavy atom. The molecule has 2 aromatic heterocycles. The minimum absolute atomic E-state index is 0.610. The summed E-state index contributed by atoms with van der Waals surface area (Å²) in [6, 6.07) is 33.2. The highest BCUT2D eigenvalue weighted by molar-refractivity contribution is 6.51. The maximum atomic E-state index is 7.25. The van der Waals surface area contributed by atoms with Gasteiger partial charge < -0.3 is 10.9 Å². The number of hydrogen-bond acceptors (Lipinski definition) is 7. The lowest BCUT2D eigenvalue weighted by Gasteiger charge is -2.19. The zero-order chi connectivity index (χ0) is 33.2. The molecule has 6 bridgehead atoms.